The predicted molar refractivity (Wildman–Crippen MR) is 66.9 cm³/mol. The van der Waals surface area contributed by atoms with Gasteiger partial charge >= 0.3 is 6.03 Å². The highest BCUT2D eigenvalue weighted by Crippen LogP contribution is 2.17. The minimum absolute atomic E-state index is 0.105. The molecule has 98 valence electrons. The van der Waals surface area contributed by atoms with Gasteiger partial charge in [0.2, 0.25) is 0 Å². The second-order valence-electron chi connectivity index (χ2n) is 3.48. The van der Waals surface area contributed by atoms with Crippen LogP contribution in [0.1, 0.15) is 6.92 Å². The van der Waals surface area contributed by atoms with Crippen LogP contribution in [-0.2, 0) is 9.73 Å². The minimum atomic E-state index is -2.88. The van der Waals surface area contributed by atoms with Crippen LogP contribution in [0.15, 0.2) is 33.5 Å². The summed E-state index contributed by atoms with van der Waals surface area (Å²) in [5, 5.41) is 12.9. The Morgan fingerprint density at radius 2 is 2.00 bits per heavy atom. The molecule has 1 aromatic rings. The SMILES string of the molecule is CCNC(=O)N=S(C)(=O)c1ccc([N+](=O)[O-])cc1. The van der Waals surface area contributed by atoms with Crippen LogP contribution in [0.2, 0.25) is 0 Å². The monoisotopic (exact) mass is 271 g/mol. The van der Waals surface area contributed by atoms with E-state index in [9.17, 15) is 19.1 Å². The van der Waals surface area contributed by atoms with Gasteiger partial charge in [0.25, 0.3) is 5.69 Å². The predicted octanol–water partition coefficient (Wildman–Crippen LogP) is 1.78. The number of hydrogen-bond acceptors (Lipinski definition) is 4. The zero-order chi connectivity index (χ0) is 13.8. The van der Waals surface area contributed by atoms with Gasteiger partial charge in [-0.3, -0.25) is 10.1 Å². The Hall–Kier alpha value is -1.96. The first kappa shape index (κ1) is 14.1. The molecule has 0 saturated carbocycles. The van der Waals surface area contributed by atoms with Crippen LogP contribution in [0, 0.1) is 10.1 Å². The average molecular weight is 271 g/mol. The molecular weight excluding hydrogens is 258 g/mol. The number of nitro groups is 1. The first-order chi connectivity index (χ1) is 8.36. The van der Waals surface area contributed by atoms with Crippen LogP contribution in [0.3, 0.4) is 0 Å². The summed E-state index contributed by atoms with van der Waals surface area (Å²) in [6.45, 7) is 2.11. The van der Waals surface area contributed by atoms with E-state index in [1.54, 1.807) is 6.92 Å². The number of nitro benzene ring substituents is 1. The molecule has 0 saturated heterocycles. The van der Waals surface area contributed by atoms with Gasteiger partial charge in [-0.15, -0.1) is 4.36 Å². The highest BCUT2D eigenvalue weighted by Gasteiger charge is 2.11. The number of nitrogens with zero attached hydrogens (tertiary/aromatic N) is 2. The van der Waals surface area contributed by atoms with Crippen LogP contribution in [0.4, 0.5) is 10.5 Å². The van der Waals surface area contributed by atoms with Crippen molar-refractivity contribution >= 4 is 21.4 Å². The summed E-state index contributed by atoms with van der Waals surface area (Å²) >= 11 is 0. The Balaban J connectivity index is 3.09. The Morgan fingerprint density at radius 1 is 1.44 bits per heavy atom. The van der Waals surface area contributed by atoms with Gasteiger partial charge in [-0.05, 0) is 19.1 Å². The fraction of sp³-hybridized carbons (Fsp3) is 0.300. The Bertz CT molecular complexity index is 573. The van der Waals surface area contributed by atoms with Crippen LogP contribution < -0.4 is 5.32 Å². The highest BCUT2D eigenvalue weighted by molar-refractivity contribution is 7.93. The molecule has 7 nitrogen and oxygen atoms in total. The van der Waals surface area contributed by atoms with Crippen LogP contribution in [0.5, 0.6) is 0 Å². The van der Waals surface area contributed by atoms with Crippen molar-refractivity contribution in [2.75, 3.05) is 12.8 Å². The molecule has 1 unspecified atom stereocenters. The number of carbonyl (C=O) groups is 1. The zero-order valence-electron chi connectivity index (χ0n) is 9.95. The number of benzene rings is 1. The lowest BCUT2D eigenvalue weighted by atomic mass is 10.3. The number of nitrogens with one attached hydrogen (secondary N) is 1. The van der Waals surface area contributed by atoms with Crippen LogP contribution in [-0.4, -0.2) is 28.0 Å². The third-order valence-electron chi connectivity index (χ3n) is 2.07. The van der Waals surface area contributed by atoms with E-state index in [1.807, 2.05) is 0 Å². The average Bonchev–Trinajstić information content (AvgIpc) is 2.28. The Labute approximate surface area is 105 Å². The number of rotatable bonds is 3. The van der Waals surface area contributed by atoms with Crippen molar-refractivity contribution in [1.82, 2.24) is 5.32 Å². The second kappa shape index (κ2) is 5.58. The van der Waals surface area contributed by atoms with Crippen LogP contribution in [0.25, 0.3) is 0 Å². The summed E-state index contributed by atoms with van der Waals surface area (Å²) in [5.41, 5.74) is -0.105. The number of hydrogen-bond donors (Lipinski definition) is 1. The van der Waals surface area contributed by atoms with Crippen molar-refractivity contribution in [2.45, 2.75) is 11.8 Å². The maximum absolute atomic E-state index is 12.2. The van der Waals surface area contributed by atoms with Crippen molar-refractivity contribution in [3.8, 4) is 0 Å². The van der Waals surface area contributed by atoms with Gasteiger partial charge in [-0.2, -0.15) is 0 Å². The van der Waals surface area contributed by atoms with Gasteiger partial charge in [0.15, 0.2) is 0 Å². The zero-order valence-corrected chi connectivity index (χ0v) is 10.8. The van der Waals surface area contributed by atoms with Crippen molar-refractivity contribution in [2.24, 2.45) is 4.36 Å². The lowest BCUT2D eigenvalue weighted by molar-refractivity contribution is -0.384. The molecule has 0 aliphatic rings. The molecule has 0 spiro atoms. The van der Waals surface area contributed by atoms with E-state index in [4.69, 9.17) is 0 Å². The van der Waals surface area contributed by atoms with Gasteiger partial charge in [0, 0.05) is 29.8 Å². The van der Waals surface area contributed by atoms with Gasteiger partial charge in [-0.25, -0.2) is 9.00 Å². The molecular formula is C10H13N3O4S. The highest BCUT2D eigenvalue weighted by atomic mass is 32.2. The topological polar surface area (TPSA) is 102 Å². The quantitative estimate of drug-likeness (QED) is 0.668. The molecule has 0 fully saturated rings. The molecule has 1 N–H and O–H groups in total. The number of carbonyl (C=O) groups excluding carboxylic acids is 1. The van der Waals surface area contributed by atoms with E-state index in [2.05, 4.69) is 9.68 Å². The summed E-state index contributed by atoms with van der Waals surface area (Å²) in [7, 11) is -2.88. The smallest absolute Gasteiger partial charge is 0.336 e. The van der Waals surface area contributed by atoms with E-state index in [-0.39, 0.29) is 10.6 Å². The summed E-state index contributed by atoms with van der Waals surface area (Å²) < 4.78 is 15.7. The van der Waals surface area contributed by atoms with E-state index in [0.29, 0.717) is 6.54 Å². The Morgan fingerprint density at radius 3 is 2.44 bits per heavy atom. The molecule has 0 aromatic heterocycles. The molecule has 0 radical (unpaired) electrons. The second-order valence-corrected chi connectivity index (χ2v) is 5.74. The summed E-state index contributed by atoms with van der Waals surface area (Å²) in [5.74, 6) is 0. The molecule has 0 heterocycles. The Kier molecular flexibility index (Phi) is 4.38. The summed E-state index contributed by atoms with van der Waals surface area (Å²) in [4.78, 5) is 21.4. The fourth-order valence-electron chi connectivity index (χ4n) is 1.21. The lowest BCUT2D eigenvalue weighted by Gasteiger charge is -2.03. The van der Waals surface area contributed by atoms with E-state index >= 15 is 0 Å². The van der Waals surface area contributed by atoms with Crippen molar-refractivity contribution < 1.29 is 13.9 Å². The first-order valence-corrected chi connectivity index (χ1v) is 7.03. The lowest BCUT2D eigenvalue weighted by Crippen LogP contribution is -2.20. The fourth-order valence-corrected chi connectivity index (χ4v) is 2.34. The van der Waals surface area contributed by atoms with Crippen molar-refractivity contribution in [3.63, 3.8) is 0 Å². The standard InChI is InChI=1S/C10H13N3O4S/c1-3-11-10(14)12-18(2,17)9-6-4-8(5-7-9)13(15)16/h4-7H,3H2,1-2H3,(H,11,14). The number of non-ortho nitro benzene ring substituents is 1. The van der Waals surface area contributed by atoms with E-state index < -0.39 is 20.7 Å². The van der Waals surface area contributed by atoms with Gasteiger partial charge in [0.05, 0.1) is 14.7 Å². The maximum atomic E-state index is 12.2. The molecule has 1 rings (SSSR count). The molecule has 8 heteroatoms. The molecule has 0 bridgehead atoms. The largest absolute Gasteiger partial charge is 0.349 e. The van der Waals surface area contributed by atoms with Gasteiger partial charge < -0.3 is 5.32 Å². The maximum Gasteiger partial charge on any atom is 0.349 e. The number of urea groups is 1. The summed E-state index contributed by atoms with van der Waals surface area (Å²) in [6, 6.07) is 4.47. The minimum Gasteiger partial charge on any atom is -0.336 e. The molecule has 0 aliphatic heterocycles. The van der Waals surface area contributed by atoms with E-state index in [1.165, 1.54) is 30.5 Å². The van der Waals surface area contributed by atoms with Crippen molar-refractivity contribution in [3.05, 3.63) is 34.4 Å². The third-order valence-corrected chi connectivity index (χ3v) is 3.73. The molecule has 18 heavy (non-hydrogen) atoms. The molecule has 0 aliphatic carbocycles. The molecule has 1 atom stereocenters. The molecule has 1 aromatic carbocycles. The summed E-state index contributed by atoms with van der Waals surface area (Å²) in [6.07, 6.45) is 1.31. The normalized spacial score (nSPS) is 13.4. The van der Waals surface area contributed by atoms with E-state index in [0.717, 1.165) is 0 Å². The number of amides is 2. The van der Waals surface area contributed by atoms with Crippen LogP contribution >= 0.6 is 0 Å². The van der Waals surface area contributed by atoms with Gasteiger partial charge in [-0.1, -0.05) is 0 Å². The molecule has 2 amide bonds. The first-order valence-electron chi connectivity index (χ1n) is 5.11. The van der Waals surface area contributed by atoms with Crippen molar-refractivity contribution in [1.29, 1.82) is 0 Å². The third kappa shape index (κ3) is 3.52. The van der Waals surface area contributed by atoms with Gasteiger partial charge in [0.1, 0.15) is 0 Å².